The van der Waals surface area contributed by atoms with Gasteiger partial charge in [-0.05, 0) is 26.7 Å². The highest BCUT2D eigenvalue weighted by Gasteiger charge is 2.37. The number of rotatable bonds is 2. The van der Waals surface area contributed by atoms with E-state index in [-0.39, 0.29) is 17.6 Å². The summed E-state index contributed by atoms with van der Waals surface area (Å²) < 4.78 is 5.27. The van der Waals surface area contributed by atoms with Gasteiger partial charge in [0.15, 0.2) is 0 Å². The second-order valence-electron chi connectivity index (χ2n) is 4.59. The van der Waals surface area contributed by atoms with Gasteiger partial charge in [-0.3, -0.25) is 4.79 Å². The molecule has 3 heteroatoms. The second kappa shape index (κ2) is 3.66. The molecule has 1 aliphatic rings. The number of ether oxygens (including phenoxy) is 1. The van der Waals surface area contributed by atoms with Crippen LogP contribution in [0.1, 0.15) is 34.1 Å². The van der Waals surface area contributed by atoms with Crippen molar-refractivity contribution < 1.29 is 9.53 Å². The van der Waals surface area contributed by atoms with Crippen LogP contribution < -0.4 is 5.32 Å². The van der Waals surface area contributed by atoms with Gasteiger partial charge in [0.25, 0.3) is 0 Å². The average molecular weight is 185 g/mol. The molecule has 0 amide bonds. The second-order valence-corrected chi connectivity index (χ2v) is 4.59. The van der Waals surface area contributed by atoms with E-state index < -0.39 is 0 Å². The van der Waals surface area contributed by atoms with Crippen LogP contribution in [0.15, 0.2) is 0 Å². The maximum absolute atomic E-state index is 11.5. The van der Waals surface area contributed by atoms with Crippen molar-refractivity contribution >= 4 is 5.97 Å². The Labute approximate surface area is 79.8 Å². The third-order valence-corrected chi connectivity index (χ3v) is 2.26. The standard InChI is InChI=1S/C10H19NO2/c1-5-7-6-11-8(7)9(12)13-10(2,3)4/h7-8,11H,5-6H2,1-4H3/t7-,8-/m1/s1. The van der Waals surface area contributed by atoms with Crippen LogP contribution in [-0.2, 0) is 9.53 Å². The molecule has 0 saturated carbocycles. The van der Waals surface area contributed by atoms with Crippen molar-refractivity contribution in [3.05, 3.63) is 0 Å². The van der Waals surface area contributed by atoms with Crippen LogP contribution in [0.4, 0.5) is 0 Å². The zero-order valence-corrected chi connectivity index (χ0v) is 8.89. The van der Waals surface area contributed by atoms with E-state index in [1.54, 1.807) is 0 Å². The monoisotopic (exact) mass is 185 g/mol. The smallest absolute Gasteiger partial charge is 0.323 e. The summed E-state index contributed by atoms with van der Waals surface area (Å²) in [5.74, 6) is 0.362. The Bertz CT molecular complexity index is 194. The normalized spacial score (nSPS) is 28.0. The van der Waals surface area contributed by atoms with Crippen LogP contribution in [0.3, 0.4) is 0 Å². The van der Waals surface area contributed by atoms with E-state index in [1.165, 1.54) is 0 Å². The highest BCUT2D eigenvalue weighted by Crippen LogP contribution is 2.20. The molecule has 3 nitrogen and oxygen atoms in total. The van der Waals surface area contributed by atoms with Crippen molar-refractivity contribution in [2.24, 2.45) is 5.92 Å². The lowest BCUT2D eigenvalue weighted by molar-refractivity contribution is -0.161. The molecule has 1 saturated heterocycles. The first kappa shape index (κ1) is 10.5. The Hall–Kier alpha value is -0.570. The Morgan fingerprint density at radius 1 is 1.54 bits per heavy atom. The van der Waals surface area contributed by atoms with Crippen molar-refractivity contribution in [3.8, 4) is 0 Å². The molecule has 0 aromatic heterocycles. The number of carbonyl (C=O) groups is 1. The van der Waals surface area contributed by atoms with Crippen LogP contribution in [0, 0.1) is 5.92 Å². The van der Waals surface area contributed by atoms with E-state index in [2.05, 4.69) is 12.2 Å². The van der Waals surface area contributed by atoms with Crippen LogP contribution >= 0.6 is 0 Å². The Kier molecular flexibility index (Phi) is 2.96. The number of esters is 1. The Morgan fingerprint density at radius 2 is 2.15 bits per heavy atom. The Morgan fingerprint density at radius 3 is 2.46 bits per heavy atom. The van der Waals surface area contributed by atoms with E-state index in [0.717, 1.165) is 13.0 Å². The van der Waals surface area contributed by atoms with Crippen LogP contribution in [-0.4, -0.2) is 24.2 Å². The zero-order valence-electron chi connectivity index (χ0n) is 8.89. The maximum atomic E-state index is 11.5. The van der Waals surface area contributed by atoms with Crippen molar-refractivity contribution in [1.29, 1.82) is 0 Å². The topological polar surface area (TPSA) is 38.3 Å². The van der Waals surface area contributed by atoms with Gasteiger partial charge in [-0.25, -0.2) is 0 Å². The summed E-state index contributed by atoms with van der Waals surface area (Å²) in [6.07, 6.45) is 1.04. The SMILES string of the molecule is CC[C@@H]1CN[C@H]1C(=O)OC(C)(C)C. The summed E-state index contributed by atoms with van der Waals surface area (Å²) in [7, 11) is 0. The lowest BCUT2D eigenvalue weighted by atomic mass is 9.89. The maximum Gasteiger partial charge on any atom is 0.323 e. The molecule has 1 N–H and O–H groups in total. The fraction of sp³-hybridized carbons (Fsp3) is 0.900. The zero-order chi connectivity index (χ0) is 10.1. The number of nitrogens with one attached hydrogen (secondary N) is 1. The molecular weight excluding hydrogens is 166 g/mol. The van der Waals surface area contributed by atoms with Gasteiger partial charge in [-0.1, -0.05) is 13.3 Å². The van der Waals surface area contributed by atoms with Gasteiger partial charge >= 0.3 is 5.97 Å². The molecule has 1 rings (SSSR count). The van der Waals surface area contributed by atoms with E-state index in [9.17, 15) is 4.79 Å². The van der Waals surface area contributed by atoms with Gasteiger partial charge < -0.3 is 10.1 Å². The van der Waals surface area contributed by atoms with Gasteiger partial charge in [-0.15, -0.1) is 0 Å². The average Bonchev–Trinajstić information content (AvgIpc) is 1.80. The quantitative estimate of drug-likeness (QED) is 0.659. The predicted octanol–water partition coefficient (Wildman–Crippen LogP) is 1.33. The highest BCUT2D eigenvalue weighted by molar-refractivity contribution is 5.77. The minimum Gasteiger partial charge on any atom is -0.459 e. The fourth-order valence-corrected chi connectivity index (χ4v) is 1.42. The summed E-state index contributed by atoms with van der Waals surface area (Å²) >= 11 is 0. The third kappa shape index (κ3) is 2.69. The van der Waals surface area contributed by atoms with Crippen LogP contribution in [0.2, 0.25) is 0 Å². The molecule has 2 atom stereocenters. The molecule has 0 aliphatic carbocycles. The number of hydrogen-bond donors (Lipinski definition) is 1. The Balaban J connectivity index is 2.40. The predicted molar refractivity (Wildman–Crippen MR) is 51.4 cm³/mol. The number of hydrogen-bond acceptors (Lipinski definition) is 3. The van der Waals surface area contributed by atoms with Gasteiger partial charge in [0, 0.05) is 6.54 Å². The van der Waals surface area contributed by atoms with Crippen LogP contribution in [0.5, 0.6) is 0 Å². The fourth-order valence-electron chi connectivity index (χ4n) is 1.42. The molecule has 0 radical (unpaired) electrons. The third-order valence-electron chi connectivity index (χ3n) is 2.26. The van der Waals surface area contributed by atoms with Crippen molar-refractivity contribution in [3.63, 3.8) is 0 Å². The first-order chi connectivity index (χ1) is 5.94. The lowest BCUT2D eigenvalue weighted by Gasteiger charge is -2.37. The molecule has 1 aliphatic heterocycles. The minimum atomic E-state index is -0.368. The van der Waals surface area contributed by atoms with Crippen molar-refractivity contribution in [2.75, 3.05) is 6.54 Å². The minimum absolute atomic E-state index is 0.0655. The largest absolute Gasteiger partial charge is 0.459 e. The molecule has 0 spiro atoms. The first-order valence-electron chi connectivity index (χ1n) is 4.90. The van der Waals surface area contributed by atoms with E-state index in [4.69, 9.17) is 4.74 Å². The lowest BCUT2D eigenvalue weighted by Crippen LogP contribution is -2.58. The summed E-state index contributed by atoms with van der Waals surface area (Å²) in [6.45, 7) is 8.73. The van der Waals surface area contributed by atoms with E-state index >= 15 is 0 Å². The van der Waals surface area contributed by atoms with E-state index in [0.29, 0.717) is 5.92 Å². The van der Waals surface area contributed by atoms with E-state index in [1.807, 2.05) is 20.8 Å². The molecule has 0 unspecified atom stereocenters. The summed E-state index contributed by atoms with van der Waals surface area (Å²) in [4.78, 5) is 11.5. The first-order valence-corrected chi connectivity index (χ1v) is 4.90. The molecule has 0 aromatic carbocycles. The van der Waals surface area contributed by atoms with Crippen molar-refractivity contribution in [1.82, 2.24) is 5.32 Å². The van der Waals surface area contributed by atoms with Crippen molar-refractivity contribution in [2.45, 2.75) is 45.8 Å². The van der Waals surface area contributed by atoms with Gasteiger partial charge in [0.1, 0.15) is 11.6 Å². The molecule has 76 valence electrons. The molecule has 13 heavy (non-hydrogen) atoms. The molecule has 0 aromatic rings. The van der Waals surface area contributed by atoms with Gasteiger partial charge in [-0.2, -0.15) is 0 Å². The van der Waals surface area contributed by atoms with Gasteiger partial charge in [0.05, 0.1) is 0 Å². The summed E-state index contributed by atoms with van der Waals surface area (Å²) in [6, 6.07) is -0.0655. The summed E-state index contributed by atoms with van der Waals surface area (Å²) in [5, 5.41) is 3.09. The molecular formula is C10H19NO2. The van der Waals surface area contributed by atoms with Gasteiger partial charge in [0.2, 0.25) is 0 Å². The highest BCUT2D eigenvalue weighted by atomic mass is 16.6. The van der Waals surface area contributed by atoms with Crippen LogP contribution in [0.25, 0.3) is 0 Å². The summed E-state index contributed by atoms with van der Waals surface area (Å²) in [5.41, 5.74) is -0.368. The molecule has 1 fully saturated rings. The molecule has 1 heterocycles. The molecule has 0 bridgehead atoms. The number of carbonyl (C=O) groups excluding carboxylic acids is 1.